The zero-order valence-corrected chi connectivity index (χ0v) is 14.1. The molecule has 1 fully saturated rings. The predicted molar refractivity (Wildman–Crippen MR) is 81.3 cm³/mol. The van der Waals surface area contributed by atoms with E-state index in [4.69, 9.17) is 10.7 Å². The molecule has 1 aliphatic rings. The quantitative estimate of drug-likeness (QED) is 0.738. The second kappa shape index (κ2) is 6.24. The molecule has 21 heavy (non-hydrogen) atoms. The molecule has 0 unspecified atom stereocenters. The average molecular weight is 352 g/mol. The van der Waals surface area contributed by atoms with Gasteiger partial charge in [-0.25, -0.2) is 16.8 Å². The maximum Gasteiger partial charge on any atom is 0.262 e. The summed E-state index contributed by atoms with van der Waals surface area (Å²) in [5, 5.41) is 0. The second-order valence-electron chi connectivity index (χ2n) is 5.14. The molecular weight excluding hydrogens is 334 g/mol. The van der Waals surface area contributed by atoms with E-state index in [0.717, 1.165) is 19.3 Å². The topological polar surface area (TPSA) is 71.5 Å². The van der Waals surface area contributed by atoms with Gasteiger partial charge in [0, 0.05) is 23.8 Å². The molecule has 1 aliphatic carbocycles. The van der Waals surface area contributed by atoms with Crippen LogP contribution in [-0.2, 0) is 19.1 Å². The molecule has 0 spiro atoms. The molecule has 5 nitrogen and oxygen atoms in total. The van der Waals surface area contributed by atoms with E-state index in [1.54, 1.807) is 6.92 Å². The molecule has 0 aromatic heterocycles. The zero-order valence-electron chi connectivity index (χ0n) is 11.7. The van der Waals surface area contributed by atoms with E-state index in [1.807, 2.05) is 0 Å². The van der Waals surface area contributed by atoms with Gasteiger partial charge in [-0.3, -0.25) is 0 Å². The van der Waals surface area contributed by atoms with Crippen LogP contribution < -0.4 is 0 Å². The van der Waals surface area contributed by atoms with Crippen molar-refractivity contribution in [2.24, 2.45) is 5.92 Å². The summed E-state index contributed by atoms with van der Waals surface area (Å²) in [5.41, 5.74) is 0. The molecule has 8 heteroatoms. The molecule has 0 N–H and O–H groups in total. The van der Waals surface area contributed by atoms with Gasteiger partial charge in [-0.1, -0.05) is 25.5 Å². The molecular formula is C13H18ClNO4S2. The summed E-state index contributed by atoms with van der Waals surface area (Å²) in [5.74, 6) is 0.361. The van der Waals surface area contributed by atoms with Crippen molar-refractivity contribution >= 4 is 29.8 Å². The molecule has 0 bridgehead atoms. The van der Waals surface area contributed by atoms with Crippen LogP contribution in [0.1, 0.15) is 26.2 Å². The van der Waals surface area contributed by atoms with Gasteiger partial charge in [0.2, 0.25) is 10.0 Å². The van der Waals surface area contributed by atoms with Crippen LogP contribution in [0, 0.1) is 5.92 Å². The lowest BCUT2D eigenvalue weighted by atomic mass is 9.85. The van der Waals surface area contributed by atoms with Crippen LogP contribution in [0.3, 0.4) is 0 Å². The lowest BCUT2D eigenvalue weighted by Gasteiger charge is -2.31. The van der Waals surface area contributed by atoms with Gasteiger partial charge in [0.1, 0.15) is 9.79 Å². The number of halogens is 1. The van der Waals surface area contributed by atoms with Gasteiger partial charge in [-0.15, -0.1) is 0 Å². The van der Waals surface area contributed by atoms with Crippen LogP contribution in [0.5, 0.6) is 0 Å². The molecule has 2 rings (SSSR count). The SMILES string of the molecule is CCN(CC1CCC1)S(=O)(=O)c1ccccc1S(=O)(=O)Cl. The van der Waals surface area contributed by atoms with Gasteiger partial charge in [-0.2, -0.15) is 4.31 Å². The van der Waals surface area contributed by atoms with Gasteiger partial charge >= 0.3 is 0 Å². The highest BCUT2D eigenvalue weighted by Crippen LogP contribution is 2.31. The molecule has 0 aliphatic heterocycles. The Labute approximate surface area is 130 Å². The number of benzene rings is 1. The van der Waals surface area contributed by atoms with Crippen molar-refractivity contribution < 1.29 is 16.8 Å². The van der Waals surface area contributed by atoms with E-state index in [-0.39, 0.29) is 9.79 Å². The van der Waals surface area contributed by atoms with E-state index in [2.05, 4.69) is 0 Å². The third-order valence-electron chi connectivity index (χ3n) is 3.77. The van der Waals surface area contributed by atoms with Crippen LogP contribution in [-0.4, -0.2) is 34.2 Å². The fourth-order valence-corrected chi connectivity index (χ4v) is 5.70. The van der Waals surface area contributed by atoms with Crippen LogP contribution in [0.4, 0.5) is 0 Å². The molecule has 1 aromatic carbocycles. The smallest absolute Gasteiger partial charge is 0.207 e. The van der Waals surface area contributed by atoms with Crippen molar-refractivity contribution in [1.29, 1.82) is 0 Å². The normalized spacial score (nSPS) is 16.9. The number of sulfonamides is 1. The highest BCUT2D eigenvalue weighted by Gasteiger charge is 2.32. The summed E-state index contributed by atoms with van der Waals surface area (Å²) >= 11 is 0. The first-order valence-corrected chi connectivity index (χ1v) is 10.6. The van der Waals surface area contributed by atoms with Gasteiger partial charge < -0.3 is 0 Å². The van der Waals surface area contributed by atoms with Crippen molar-refractivity contribution in [2.75, 3.05) is 13.1 Å². The lowest BCUT2D eigenvalue weighted by Crippen LogP contribution is -2.37. The Morgan fingerprint density at radius 2 is 1.71 bits per heavy atom. The first-order valence-electron chi connectivity index (χ1n) is 6.80. The Morgan fingerprint density at radius 1 is 1.14 bits per heavy atom. The summed E-state index contributed by atoms with van der Waals surface area (Å²) in [6, 6.07) is 5.45. The van der Waals surface area contributed by atoms with Crippen molar-refractivity contribution in [1.82, 2.24) is 4.31 Å². The highest BCUT2D eigenvalue weighted by atomic mass is 35.7. The van der Waals surface area contributed by atoms with Gasteiger partial charge in [-0.05, 0) is 30.9 Å². The maximum absolute atomic E-state index is 12.7. The zero-order chi connectivity index (χ0) is 15.7. The Balaban J connectivity index is 2.43. The Hall–Kier alpha value is -0.630. The van der Waals surface area contributed by atoms with E-state index < -0.39 is 19.1 Å². The molecule has 118 valence electrons. The number of rotatable bonds is 6. The standard InChI is InChI=1S/C13H18ClNO4S2/c1-2-15(10-11-6-5-7-11)21(18,19)13-9-4-3-8-12(13)20(14,16)17/h3-4,8-9,11H,2,5-7,10H2,1H3. The summed E-state index contributed by atoms with van der Waals surface area (Å²) in [6.45, 7) is 2.47. The van der Waals surface area contributed by atoms with Gasteiger partial charge in [0.05, 0.1) is 0 Å². The minimum absolute atomic E-state index is 0.249. The Bertz CT molecular complexity index is 711. The summed E-state index contributed by atoms with van der Waals surface area (Å²) in [4.78, 5) is -0.611. The van der Waals surface area contributed by atoms with E-state index in [9.17, 15) is 16.8 Å². The summed E-state index contributed by atoms with van der Waals surface area (Å²) < 4.78 is 49.9. The average Bonchev–Trinajstić information content (AvgIpc) is 2.36. The molecule has 0 amide bonds. The fraction of sp³-hybridized carbons (Fsp3) is 0.538. The van der Waals surface area contributed by atoms with Crippen LogP contribution >= 0.6 is 10.7 Å². The monoisotopic (exact) mass is 351 g/mol. The first kappa shape index (κ1) is 16.7. The lowest BCUT2D eigenvalue weighted by molar-refractivity contribution is 0.249. The minimum Gasteiger partial charge on any atom is -0.207 e. The summed E-state index contributed by atoms with van der Waals surface area (Å²) in [7, 11) is -2.63. The van der Waals surface area contributed by atoms with Gasteiger partial charge in [0.15, 0.2) is 0 Å². The van der Waals surface area contributed by atoms with Crippen LogP contribution in [0.15, 0.2) is 34.1 Å². The highest BCUT2D eigenvalue weighted by molar-refractivity contribution is 8.14. The largest absolute Gasteiger partial charge is 0.262 e. The Morgan fingerprint density at radius 3 is 2.14 bits per heavy atom. The molecule has 1 saturated carbocycles. The third kappa shape index (κ3) is 3.59. The van der Waals surface area contributed by atoms with Gasteiger partial charge in [0.25, 0.3) is 9.05 Å². The summed E-state index contributed by atoms with van der Waals surface area (Å²) in [6.07, 6.45) is 3.15. The van der Waals surface area contributed by atoms with Crippen LogP contribution in [0.25, 0.3) is 0 Å². The molecule has 0 atom stereocenters. The third-order valence-corrected chi connectivity index (χ3v) is 7.28. The van der Waals surface area contributed by atoms with Crippen molar-refractivity contribution in [3.05, 3.63) is 24.3 Å². The molecule has 0 radical (unpaired) electrons. The predicted octanol–water partition coefficient (Wildman–Crippen LogP) is 2.42. The van der Waals surface area contributed by atoms with Crippen molar-refractivity contribution in [2.45, 2.75) is 36.0 Å². The minimum atomic E-state index is -4.11. The van der Waals surface area contributed by atoms with E-state index in [0.29, 0.717) is 19.0 Å². The van der Waals surface area contributed by atoms with Crippen molar-refractivity contribution in [3.63, 3.8) is 0 Å². The Kier molecular flexibility index (Phi) is 4.97. The first-order chi connectivity index (χ1) is 9.76. The second-order valence-corrected chi connectivity index (χ2v) is 9.58. The number of nitrogens with zero attached hydrogens (tertiary/aromatic N) is 1. The fourth-order valence-electron chi connectivity index (χ4n) is 2.36. The number of hydrogen-bond donors (Lipinski definition) is 0. The van der Waals surface area contributed by atoms with E-state index >= 15 is 0 Å². The maximum atomic E-state index is 12.7. The van der Waals surface area contributed by atoms with Crippen molar-refractivity contribution in [3.8, 4) is 0 Å². The molecule has 0 heterocycles. The number of hydrogen-bond acceptors (Lipinski definition) is 4. The molecule has 0 saturated heterocycles. The van der Waals surface area contributed by atoms with E-state index in [1.165, 1.54) is 28.6 Å². The molecule has 1 aromatic rings. The van der Waals surface area contributed by atoms with Crippen LogP contribution in [0.2, 0.25) is 0 Å².